The molecule has 0 fully saturated rings. The average molecular weight is 371 g/mol. The summed E-state index contributed by atoms with van der Waals surface area (Å²) in [5.41, 5.74) is 3.01. The van der Waals surface area contributed by atoms with Gasteiger partial charge in [0.05, 0.1) is 13.2 Å². The molecule has 1 aliphatic heterocycles. The number of hydrogen-bond donors (Lipinski definition) is 0. The quantitative estimate of drug-likeness (QED) is 0.656. The molecule has 0 saturated heterocycles. The Labute approximate surface area is 164 Å². The monoisotopic (exact) mass is 371 g/mol. The second-order valence-corrected chi connectivity index (χ2v) is 6.60. The van der Waals surface area contributed by atoms with E-state index in [0.717, 1.165) is 22.4 Å². The summed E-state index contributed by atoms with van der Waals surface area (Å²) in [6.07, 6.45) is 3.07. The fourth-order valence-electron chi connectivity index (χ4n) is 3.45. The summed E-state index contributed by atoms with van der Waals surface area (Å²) in [5, 5.41) is 12.4. The van der Waals surface area contributed by atoms with Crippen molar-refractivity contribution < 1.29 is 19.2 Å². The fourth-order valence-corrected chi connectivity index (χ4v) is 3.45. The van der Waals surface area contributed by atoms with Gasteiger partial charge in [-0.3, -0.25) is 0 Å². The van der Waals surface area contributed by atoms with E-state index in [1.165, 1.54) is 6.20 Å². The molecule has 4 nitrogen and oxygen atoms in total. The average Bonchev–Trinajstić information content (AvgIpc) is 2.75. The summed E-state index contributed by atoms with van der Waals surface area (Å²) in [7, 11) is 1.64. The van der Waals surface area contributed by atoms with Crippen LogP contribution in [-0.4, -0.2) is 17.9 Å². The summed E-state index contributed by atoms with van der Waals surface area (Å²) in [4.78, 5) is 0. The molecule has 4 rings (SSSR count). The third-order valence-electron chi connectivity index (χ3n) is 4.79. The van der Waals surface area contributed by atoms with Crippen LogP contribution in [0.5, 0.6) is 5.75 Å². The van der Waals surface area contributed by atoms with Crippen molar-refractivity contribution >= 4 is 6.21 Å². The summed E-state index contributed by atoms with van der Waals surface area (Å²) < 4.78 is 12.9. The summed E-state index contributed by atoms with van der Waals surface area (Å²) in [6.45, 7) is 0. The first-order valence-corrected chi connectivity index (χ1v) is 9.16. The van der Waals surface area contributed by atoms with E-state index >= 15 is 0 Å². The van der Waals surface area contributed by atoms with Gasteiger partial charge in [0, 0.05) is 11.1 Å². The van der Waals surface area contributed by atoms with E-state index < -0.39 is 6.10 Å². The topological polar surface area (TPSA) is 44.5 Å². The van der Waals surface area contributed by atoms with Gasteiger partial charge in [-0.05, 0) is 29.8 Å². The first kappa shape index (κ1) is 17.9. The number of nitrogens with zero attached hydrogens (tertiary/aromatic N) is 1. The highest BCUT2D eigenvalue weighted by Gasteiger charge is 2.34. The van der Waals surface area contributed by atoms with Crippen LogP contribution in [0.15, 0.2) is 97.1 Å². The Kier molecular flexibility index (Phi) is 5.11. The van der Waals surface area contributed by atoms with Crippen molar-refractivity contribution in [3.05, 3.63) is 114 Å². The Balaban J connectivity index is 1.81. The molecule has 0 N–H and O–H groups in total. The van der Waals surface area contributed by atoms with Gasteiger partial charge >= 0.3 is 0 Å². The zero-order valence-corrected chi connectivity index (χ0v) is 15.6. The first-order valence-electron chi connectivity index (χ1n) is 9.16. The molecule has 1 heterocycles. The highest BCUT2D eigenvalue weighted by atomic mass is 16.6. The van der Waals surface area contributed by atoms with Crippen LogP contribution in [0.1, 0.15) is 28.8 Å². The van der Waals surface area contributed by atoms with Crippen LogP contribution in [0.4, 0.5) is 0 Å². The van der Waals surface area contributed by atoms with Crippen molar-refractivity contribution in [1.82, 2.24) is 0 Å². The lowest BCUT2D eigenvalue weighted by atomic mass is 9.94. The van der Waals surface area contributed by atoms with Crippen LogP contribution in [0.3, 0.4) is 0 Å². The van der Waals surface area contributed by atoms with Gasteiger partial charge in [0.15, 0.2) is 18.5 Å². The van der Waals surface area contributed by atoms with Gasteiger partial charge in [0.1, 0.15) is 11.7 Å². The number of ether oxygens (including phenoxy) is 2. The Hall–Kier alpha value is -3.53. The van der Waals surface area contributed by atoms with Crippen LogP contribution >= 0.6 is 0 Å². The molecular weight excluding hydrogens is 350 g/mol. The van der Waals surface area contributed by atoms with Crippen LogP contribution in [0.2, 0.25) is 0 Å². The van der Waals surface area contributed by atoms with Crippen molar-refractivity contribution in [2.75, 3.05) is 7.11 Å². The molecule has 0 aliphatic carbocycles. The van der Waals surface area contributed by atoms with Crippen LogP contribution in [0.25, 0.3) is 0 Å². The molecule has 0 radical (unpaired) electrons. The second kappa shape index (κ2) is 8.01. The smallest absolute Gasteiger partial charge is 0.199 e. The first-order chi connectivity index (χ1) is 13.7. The molecule has 0 amide bonds. The highest BCUT2D eigenvalue weighted by molar-refractivity contribution is 5.76. The van der Waals surface area contributed by atoms with E-state index in [9.17, 15) is 5.11 Å². The molecule has 0 unspecified atom stereocenters. The van der Waals surface area contributed by atoms with E-state index in [0.29, 0.717) is 0 Å². The van der Waals surface area contributed by atoms with E-state index in [4.69, 9.17) is 9.47 Å². The minimum absolute atomic E-state index is 0.164. The SMILES string of the molecule is COc1ccc(C=[N+]2C=C([O-])O[C@@H](c3ccccc3)[C@H]2c2ccccc2)cc1. The van der Waals surface area contributed by atoms with E-state index in [-0.39, 0.29) is 12.0 Å². The van der Waals surface area contributed by atoms with Crippen molar-refractivity contribution in [2.45, 2.75) is 12.1 Å². The van der Waals surface area contributed by atoms with Gasteiger partial charge in [-0.1, -0.05) is 60.7 Å². The molecule has 4 heteroatoms. The minimum atomic E-state index is -0.407. The molecule has 3 aromatic carbocycles. The summed E-state index contributed by atoms with van der Waals surface area (Å²) >= 11 is 0. The van der Waals surface area contributed by atoms with E-state index in [2.05, 4.69) is 12.1 Å². The summed E-state index contributed by atoms with van der Waals surface area (Å²) in [5.74, 6) is 0.437. The maximum absolute atomic E-state index is 12.4. The number of rotatable bonds is 4. The van der Waals surface area contributed by atoms with Crippen molar-refractivity contribution in [3.63, 3.8) is 0 Å². The van der Waals surface area contributed by atoms with Gasteiger partial charge in [-0.25, -0.2) is 0 Å². The minimum Gasteiger partial charge on any atom is -0.594 e. The third-order valence-corrected chi connectivity index (χ3v) is 4.79. The maximum atomic E-state index is 12.4. The fraction of sp³-hybridized carbons (Fsp3) is 0.125. The standard InChI is InChI=1S/C24H21NO3/c1-27-21-14-12-18(13-15-21)16-25-17-22(26)28-24(20-10-6-3-7-11-20)23(25)19-8-4-2-5-9-19/h2-17,23-24H,1H3/t23-,24+/m1/s1. The Morgan fingerprint density at radius 3 is 2.07 bits per heavy atom. The Morgan fingerprint density at radius 1 is 0.857 bits per heavy atom. The van der Waals surface area contributed by atoms with Gasteiger partial charge in [-0.15, -0.1) is 0 Å². The van der Waals surface area contributed by atoms with Gasteiger partial charge < -0.3 is 14.6 Å². The third kappa shape index (κ3) is 3.76. The van der Waals surface area contributed by atoms with Crippen molar-refractivity contribution in [1.29, 1.82) is 0 Å². The molecular formula is C24H21NO3. The largest absolute Gasteiger partial charge is 0.594 e. The molecule has 140 valence electrons. The lowest BCUT2D eigenvalue weighted by Crippen LogP contribution is -2.32. The molecule has 3 aromatic rings. The molecule has 2 atom stereocenters. The maximum Gasteiger partial charge on any atom is 0.199 e. The molecule has 0 saturated carbocycles. The van der Waals surface area contributed by atoms with Crippen LogP contribution in [0, 0.1) is 0 Å². The number of hydrogen-bond acceptors (Lipinski definition) is 3. The highest BCUT2D eigenvalue weighted by Crippen LogP contribution is 2.38. The van der Waals surface area contributed by atoms with Gasteiger partial charge in [0.25, 0.3) is 0 Å². The van der Waals surface area contributed by atoms with E-state index in [1.807, 2.05) is 83.6 Å². The molecule has 0 aromatic heterocycles. The molecule has 1 aliphatic rings. The van der Waals surface area contributed by atoms with E-state index in [1.54, 1.807) is 7.11 Å². The Morgan fingerprint density at radius 2 is 1.46 bits per heavy atom. The molecule has 28 heavy (non-hydrogen) atoms. The van der Waals surface area contributed by atoms with Crippen molar-refractivity contribution in [3.8, 4) is 5.75 Å². The summed E-state index contributed by atoms with van der Waals surface area (Å²) in [6, 6.07) is 27.5. The number of benzene rings is 3. The predicted octanol–water partition coefficient (Wildman–Crippen LogP) is 3.80. The molecule has 0 spiro atoms. The Bertz CT molecular complexity index is 979. The molecule has 0 bridgehead atoms. The number of methoxy groups -OCH3 is 1. The zero-order valence-electron chi connectivity index (χ0n) is 15.6. The van der Waals surface area contributed by atoms with Gasteiger partial charge in [0.2, 0.25) is 0 Å². The zero-order chi connectivity index (χ0) is 19.3. The normalized spacial score (nSPS) is 20.3. The van der Waals surface area contributed by atoms with Crippen LogP contribution in [-0.2, 0) is 4.74 Å². The lowest BCUT2D eigenvalue weighted by Gasteiger charge is -2.35. The van der Waals surface area contributed by atoms with Crippen LogP contribution < -0.4 is 9.84 Å². The predicted molar refractivity (Wildman–Crippen MR) is 106 cm³/mol. The van der Waals surface area contributed by atoms with Gasteiger partial charge in [-0.2, -0.15) is 4.58 Å². The lowest BCUT2D eigenvalue weighted by molar-refractivity contribution is -0.553. The van der Waals surface area contributed by atoms with Crippen molar-refractivity contribution in [2.24, 2.45) is 0 Å². The second-order valence-electron chi connectivity index (χ2n) is 6.60.